The third-order valence-electron chi connectivity index (χ3n) is 5.03. The summed E-state index contributed by atoms with van der Waals surface area (Å²) in [6, 6.07) is 11.6. The van der Waals surface area contributed by atoms with E-state index in [9.17, 15) is 9.59 Å². The number of anilines is 1. The first-order valence-electron chi connectivity index (χ1n) is 11.2. The zero-order chi connectivity index (χ0) is 26.2. The smallest absolute Gasteiger partial charge is 0.251 e. The zero-order valence-corrected chi connectivity index (χ0v) is 22.9. The van der Waals surface area contributed by atoms with E-state index in [1.807, 2.05) is 22.8 Å². The molecule has 0 bridgehead atoms. The van der Waals surface area contributed by atoms with Gasteiger partial charge in [0.2, 0.25) is 5.91 Å². The number of amides is 2. The van der Waals surface area contributed by atoms with Crippen molar-refractivity contribution >= 4 is 64.1 Å². The first kappa shape index (κ1) is 28.1. The number of nitrogens with one attached hydrogen (secondary N) is 2. The Bertz CT molecular complexity index is 1230. The molecular formula is C25H26Cl3N5O2S. The molecule has 3 aromatic rings. The minimum Gasteiger partial charge on any atom is -0.342 e. The van der Waals surface area contributed by atoms with E-state index in [-0.39, 0.29) is 39.6 Å². The van der Waals surface area contributed by atoms with E-state index in [1.165, 1.54) is 23.9 Å². The molecular weight excluding hydrogens is 541 g/mol. The molecule has 1 atom stereocenters. The average Bonchev–Trinajstić information content (AvgIpc) is 3.23. The molecule has 3 rings (SSSR count). The number of nitrogens with zero attached hydrogens (tertiary/aromatic N) is 3. The summed E-state index contributed by atoms with van der Waals surface area (Å²) in [6.45, 7) is 8.40. The van der Waals surface area contributed by atoms with Crippen LogP contribution in [0.4, 0.5) is 5.69 Å². The van der Waals surface area contributed by atoms with Crippen molar-refractivity contribution in [2.75, 3.05) is 11.1 Å². The number of aromatic nitrogens is 3. The Kier molecular flexibility index (Phi) is 10.2. The molecule has 36 heavy (non-hydrogen) atoms. The second kappa shape index (κ2) is 13.1. The molecule has 0 aliphatic carbocycles. The lowest BCUT2D eigenvalue weighted by atomic mass is 10.0. The second-order valence-electron chi connectivity index (χ2n) is 8.34. The molecule has 2 amide bonds. The SMILES string of the molecule is C=CCn1c(SCC(=O)Nc2cc(Cl)c(Cl)cc2Cl)nnc1C(CC(C)C)NC(=O)c1ccccc1. The van der Waals surface area contributed by atoms with E-state index in [0.29, 0.717) is 40.2 Å². The standard InChI is InChI=1S/C25H26Cl3N5O2S/c1-4-10-33-23(21(11-15(2)3)30-24(35)16-8-6-5-7-9-16)31-32-25(33)36-14-22(34)29-20-13-18(27)17(26)12-19(20)28/h4-9,12-13,15,21H,1,10-11,14H2,2-3H3,(H,29,34)(H,30,35). The van der Waals surface area contributed by atoms with E-state index in [1.54, 1.807) is 18.2 Å². The first-order chi connectivity index (χ1) is 17.2. The monoisotopic (exact) mass is 565 g/mol. The Labute approximate surface area is 229 Å². The Balaban J connectivity index is 1.77. The maximum absolute atomic E-state index is 12.9. The molecule has 0 saturated carbocycles. The van der Waals surface area contributed by atoms with Gasteiger partial charge in [-0.15, -0.1) is 16.8 Å². The van der Waals surface area contributed by atoms with Crippen LogP contribution >= 0.6 is 46.6 Å². The average molecular weight is 567 g/mol. The number of allylic oxidation sites excluding steroid dienone is 1. The Hall–Kier alpha value is -2.52. The van der Waals surface area contributed by atoms with Gasteiger partial charge in [0.1, 0.15) is 0 Å². The number of thioether (sulfide) groups is 1. The predicted molar refractivity (Wildman–Crippen MR) is 147 cm³/mol. The van der Waals surface area contributed by atoms with Gasteiger partial charge in [0.05, 0.1) is 32.5 Å². The van der Waals surface area contributed by atoms with Crippen molar-refractivity contribution in [2.24, 2.45) is 5.92 Å². The number of hydrogen-bond donors (Lipinski definition) is 2. The van der Waals surface area contributed by atoms with Gasteiger partial charge in [0, 0.05) is 12.1 Å². The van der Waals surface area contributed by atoms with Gasteiger partial charge in [-0.3, -0.25) is 9.59 Å². The summed E-state index contributed by atoms with van der Waals surface area (Å²) in [7, 11) is 0. The summed E-state index contributed by atoms with van der Waals surface area (Å²) in [6.07, 6.45) is 2.38. The normalized spacial score (nSPS) is 11.8. The van der Waals surface area contributed by atoms with E-state index in [2.05, 4.69) is 41.3 Å². The largest absolute Gasteiger partial charge is 0.342 e. The van der Waals surface area contributed by atoms with Gasteiger partial charge < -0.3 is 15.2 Å². The number of halogens is 3. The van der Waals surface area contributed by atoms with Crippen molar-refractivity contribution in [3.63, 3.8) is 0 Å². The number of hydrogen-bond acceptors (Lipinski definition) is 5. The van der Waals surface area contributed by atoms with Crippen LogP contribution in [0.25, 0.3) is 0 Å². The Morgan fingerprint density at radius 2 is 1.78 bits per heavy atom. The van der Waals surface area contributed by atoms with Crippen LogP contribution in [0.2, 0.25) is 15.1 Å². The molecule has 0 aliphatic heterocycles. The molecule has 7 nitrogen and oxygen atoms in total. The summed E-state index contributed by atoms with van der Waals surface area (Å²) in [5.74, 6) is 0.450. The first-order valence-corrected chi connectivity index (χ1v) is 13.3. The van der Waals surface area contributed by atoms with Crippen LogP contribution in [0.1, 0.15) is 42.5 Å². The van der Waals surface area contributed by atoms with Crippen molar-refractivity contribution in [2.45, 2.75) is 38.0 Å². The van der Waals surface area contributed by atoms with Crippen molar-refractivity contribution < 1.29 is 9.59 Å². The topological polar surface area (TPSA) is 88.9 Å². The summed E-state index contributed by atoms with van der Waals surface area (Å²) >= 11 is 19.4. The predicted octanol–water partition coefficient (Wildman–Crippen LogP) is 6.67. The van der Waals surface area contributed by atoms with Crippen LogP contribution in [0.15, 0.2) is 60.3 Å². The fourth-order valence-electron chi connectivity index (χ4n) is 3.43. The molecule has 0 saturated heterocycles. The van der Waals surface area contributed by atoms with Gasteiger partial charge in [-0.25, -0.2) is 0 Å². The van der Waals surface area contributed by atoms with Gasteiger partial charge in [0.25, 0.3) is 5.91 Å². The van der Waals surface area contributed by atoms with Crippen molar-refractivity contribution in [1.29, 1.82) is 0 Å². The van der Waals surface area contributed by atoms with E-state index < -0.39 is 0 Å². The number of benzene rings is 2. The van der Waals surface area contributed by atoms with Crippen LogP contribution in [0.3, 0.4) is 0 Å². The van der Waals surface area contributed by atoms with Crippen LogP contribution in [0.5, 0.6) is 0 Å². The van der Waals surface area contributed by atoms with Crippen LogP contribution in [-0.4, -0.2) is 32.3 Å². The van der Waals surface area contributed by atoms with Crippen LogP contribution in [0, 0.1) is 5.92 Å². The lowest BCUT2D eigenvalue weighted by molar-refractivity contribution is -0.113. The zero-order valence-electron chi connectivity index (χ0n) is 19.8. The molecule has 0 fully saturated rings. The number of carbonyl (C=O) groups is 2. The fraction of sp³-hybridized carbons (Fsp3) is 0.280. The molecule has 1 unspecified atom stereocenters. The van der Waals surface area contributed by atoms with Gasteiger partial charge in [0.15, 0.2) is 11.0 Å². The number of carbonyl (C=O) groups excluding carboxylic acids is 2. The summed E-state index contributed by atoms with van der Waals surface area (Å²) in [4.78, 5) is 25.5. The van der Waals surface area contributed by atoms with Gasteiger partial charge in [-0.05, 0) is 36.6 Å². The molecule has 2 N–H and O–H groups in total. The molecule has 0 aliphatic rings. The van der Waals surface area contributed by atoms with Gasteiger partial charge in [-0.2, -0.15) is 0 Å². The highest BCUT2D eigenvalue weighted by atomic mass is 35.5. The van der Waals surface area contributed by atoms with E-state index in [0.717, 1.165) is 0 Å². The van der Waals surface area contributed by atoms with Gasteiger partial charge >= 0.3 is 0 Å². The molecule has 2 aromatic carbocycles. The Morgan fingerprint density at radius 1 is 1.08 bits per heavy atom. The molecule has 1 heterocycles. The minimum atomic E-state index is -0.372. The molecule has 11 heteroatoms. The summed E-state index contributed by atoms with van der Waals surface area (Å²) in [5, 5.41) is 15.9. The third kappa shape index (κ3) is 7.49. The number of rotatable bonds is 11. The summed E-state index contributed by atoms with van der Waals surface area (Å²) < 4.78 is 1.86. The molecule has 0 spiro atoms. The highest BCUT2D eigenvalue weighted by molar-refractivity contribution is 7.99. The fourth-order valence-corrected chi connectivity index (χ4v) is 4.78. The van der Waals surface area contributed by atoms with Crippen molar-refractivity contribution in [1.82, 2.24) is 20.1 Å². The second-order valence-corrected chi connectivity index (χ2v) is 10.5. The molecule has 1 aromatic heterocycles. The molecule has 0 radical (unpaired) electrons. The maximum Gasteiger partial charge on any atom is 0.251 e. The minimum absolute atomic E-state index is 0.0527. The lowest BCUT2D eigenvalue weighted by Crippen LogP contribution is -2.31. The lowest BCUT2D eigenvalue weighted by Gasteiger charge is -2.21. The maximum atomic E-state index is 12.9. The highest BCUT2D eigenvalue weighted by Crippen LogP contribution is 2.32. The van der Waals surface area contributed by atoms with Crippen LogP contribution in [-0.2, 0) is 11.3 Å². The quantitative estimate of drug-likeness (QED) is 0.154. The van der Waals surface area contributed by atoms with E-state index >= 15 is 0 Å². The van der Waals surface area contributed by atoms with Crippen molar-refractivity contribution in [3.8, 4) is 0 Å². The Morgan fingerprint density at radius 3 is 2.44 bits per heavy atom. The third-order valence-corrected chi connectivity index (χ3v) is 7.04. The summed E-state index contributed by atoms with van der Waals surface area (Å²) in [5.41, 5.74) is 0.929. The van der Waals surface area contributed by atoms with Crippen molar-refractivity contribution in [3.05, 3.63) is 81.6 Å². The molecule has 190 valence electrons. The van der Waals surface area contributed by atoms with Crippen LogP contribution < -0.4 is 10.6 Å². The van der Waals surface area contributed by atoms with Gasteiger partial charge in [-0.1, -0.05) is 84.7 Å². The highest BCUT2D eigenvalue weighted by Gasteiger charge is 2.25. The van der Waals surface area contributed by atoms with E-state index in [4.69, 9.17) is 34.8 Å².